The van der Waals surface area contributed by atoms with Gasteiger partial charge in [0.1, 0.15) is 12.1 Å². The zero-order valence-corrected chi connectivity index (χ0v) is 20.8. The second-order valence-electron chi connectivity index (χ2n) is 8.69. The van der Waals surface area contributed by atoms with Gasteiger partial charge in [0, 0.05) is 0 Å². The van der Waals surface area contributed by atoms with Crippen LogP contribution in [0.5, 0.6) is 0 Å². The largest absolute Gasteiger partial charge is 0.417 e. The highest BCUT2D eigenvalue weighted by molar-refractivity contribution is 6.42. The molecule has 0 bridgehead atoms. The summed E-state index contributed by atoms with van der Waals surface area (Å²) < 4.78 is 119. The molecule has 212 valence electrons. The van der Waals surface area contributed by atoms with Crippen LogP contribution in [0.3, 0.4) is 0 Å². The van der Waals surface area contributed by atoms with Crippen LogP contribution in [0.4, 0.5) is 39.5 Å². The van der Waals surface area contributed by atoms with E-state index in [0.29, 0.717) is 18.2 Å². The highest BCUT2D eigenvalue weighted by Crippen LogP contribution is 2.40. The molecule has 4 nitrogen and oxygen atoms in total. The minimum Gasteiger partial charge on any atom is -0.345 e. The van der Waals surface area contributed by atoms with E-state index >= 15 is 0 Å². The first-order valence-electron chi connectivity index (χ1n) is 10.9. The van der Waals surface area contributed by atoms with E-state index in [0.717, 1.165) is 30.3 Å². The Hall–Kier alpha value is -2.93. The van der Waals surface area contributed by atoms with Gasteiger partial charge in [0.15, 0.2) is 0 Å². The number of benzene rings is 2. The summed E-state index contributed by atoms with van der Waals surface area (Å²) in [5, 5.41) is 3.46. The third-order valence-corrected chi connectivity index (χ3v) is 6.46. The Bertz CT molecular complexity index is 1280. The fourth-order valence-electron chi connectivity index (χ4n) is 3.59. The monoisotopic (exact) mass is 606 g/mol. The van der Waals surface area contributed by atoms with Crippen molar-refractivity contribution in [2.24, 2.45) is 0 Å². The standard InChI is InChI=1S/C24H17Cl2F9N2O2/c25-17-6-3-13(10-18(17)26)15(23(30,31)32)5-2-12-1-4-14(16(9-12)24(33,34)35)19(38)37-21(7-8-21)20(39)36-11-22(27,28)29/h1-6,9-10,15H,7-8,11H2,(H,36,39)(H,37,38)/b5-2+. The van der Waals surface area contributed by atoms with Gasteiger partial charge in [-0.15, -0.1) is 0 Å². The molecule has 2 N–H and O–H groups in total. The van der Waals surface area contributed by atoms with Crippen molar-refractivity contribution in [2.75, 3.05) is 6.54 Å². The minimum absolute atomic E-state index is 0.000170. The van der Waals surface area contributed by atoms with Crippen LogP contribution < -0.4 is 10.6 Å². The molecule has 0 aliphatic heterocycles. The molecule has 1 fully saturated rings. The molecule has 0 heterocycles. The van der Waals surface area contributed by atoms with Gasteiger partial charge in [0.25, 0.3) is 5.91 Å². The number of allylic oxidation sites excluding steroid dienone is 1. The lowest BCUT2D eigenvalue weighted by molar-refractivity contribution is -0.140. The van der Waals surface area contributed by atoms with E-state index in [1.54, 1.807) is 5.32 Å². The summed E-state index contributed by atoms with van der Waals surface area (Å²) in [6, 6.07) is 5.26. The van der Waals surface area contributed by atoms with E-state index in [1.807, 2.05) is 5.32 Å². The van der Waals surface area contributed by atoms with Crippen molar-refractivity contribution in [3.8, 4) is 0 Å². The summed E-state index contributed by atoms with van der Waals surface area (Å²) in [7, 11) is 0. The lowest BCUT2D eigenvalue weighted by Crippen LogP contribution is -2.51. The van der Waals surface area contributed by atoms with Crippen LogP contribution in [0, 0.1) is 0 Å². The average Bonchev–Trinajstić information content (AvgIpc) is 3.58. The Morgan fingerprint density at radius 1 is 0.923 bits per heavy atom. The number of carbonyl (C=O) groups excluding carboxylic acids is 2. The van der Waals surface area contributed by atoms with Crippen molar-refractivity contribution in [3.05, 3.63) is 74.8 Å². The van der Waals surface area contributed by atoms with Gasteiger partial charge in [-0.3, -0.25) is 9.59 Å². The van der Waals surface area contributed by atoms with Crippen LogP contribution in [0.25, 0.3) is 6.08 Å². The number of hydrogen-bond donors (Lipinski definition) is 2. The van der Waals surface area contributed by atoms with E-state index in [-0.39, 0.29) is 34.0 Å². The van der Waals surface area contributed by atoms with Crippen LogP contribution in [-0.2, 0) is 11.0 Å². The molecule has 1 aliphatic rings. The van der Waals surface area contributed by atoms with Crippen LogP contribution in [-0.4, -0.2) is 36.3 Å². The third kappa shape index (κ3) is 7.81. The molecule has 15 heteroatoms. The SMILES string of the molecule is O=C(NC1(C(=O)NCC(F)(F)F)CC1)c1ccc(/C=C/C(c2ccc(Cl)c(Cl)c2)C(F)(F)F)cc1C(F)(F)F. The average molecular weight is 607 g/mol. The molecule has 2 amide bonds. The maximum Gasteiger partial charge on any atom is 0.417 e. The molecular weight excluding hydrogens is 590 g/mol. The number of amides is 2. The van der Waals surface area contributed by atoms with E-state index in [4.69, 9.17) is 23.2 Å². The van der Waals surface area contributed by atoms with Gasteiger partial charge in [0.2, 0.25) is 5.91 Å². The summed E-state index contributed by atoms with van der Waals surface area (Å²) in [6.45, 7) is -1.70. The second kappa shape index (κ2) is 10.9. The molecule has 1 saturated carbocycles. The fourth-order valence-corrected chi connectivity index (χ4v) is 3.90. The topological polar surface area (TPSA) is 58.2 Å². The lowest BCUT2D eigenvalue weighted by atomic mass is 9.96. The van der Waals surface area contributed by atoms with Gasteiger partial charge < -0.3 is 10.6 Å². The number of rotatable bonds is 7. The number of hydrogen-bond acceptors (Lipinski definition) is 2. The minimum atomic E-state index is -5.14. The molecule has 3 rings (SSSR count). The van der Waals surface area contributed by atoms with Gasteiger partial charge in [-0.25, -0.2) is 0 Å². The van der Waals surface area contributed by atoms with Crippen molar-refractivity contribution < 1.29 is 49.1 Å². The summed E-state index contributed by atoms with van der Waals surface area (Å²) in [6.07, 6.45) is -13.5. The Labute approximate surface area is 225 Å². The first-order valence-corrected chi connectivity index (χ1v) is 11.7. The van der Waals surface area contributed by atoms with E-state index in [2.05, 4.69) is 0 Å². The number of nitrogens with one attached hydrogen (secondary N) is 2. The van der Waals surface area contributed by atoms with Crippen molar-refractivity contribution in [1.82, 2.24) is 10.6 Å². The van der Waals surface area contributed by atoms with Crippen molar-refractivity contribution in [1.29, 1.82) is 0 Å². The van der Waals surface area contributed by atoms with Gasteiger partial charge in [-0.2, -0.15) is 39.5 Å². The van der Waals surface area contributed by atoms with E-state index in [1.165, 1.54) is 0 Å². The fraction of sp³-hybridized carbons (Fsp3) is 0.333. The van der Waals surface area contributed by atoms with Gasteiger partial charge in [-0.05, 0) is 48.2 Å². The molecule has 2 aromatic rings. The molecule has 0 saturated heterocycles. The maximum atomic E-state index is 13.8. The molecule has 0 spiro atoms. The lowest BCUT2D eigenvalue weighted by Gasteiger charge is -2.20. The maximum absolute atomic E-state index is 13.8. The highest BCUT2D eigenvalue weighted by Gasteiger charge is 2.52. The molecule has 0 radical (unpaired) electrons. The second-order valence-corrected chi connectivity index (χ2v) is 9.50. The predicted octanol–water partition coefficient (Wildman–Crippen LogP) is 7.31. The first-order chi connectivity index (χ1) is 17.8. The van der Waals surface area contributed by atoms with Crippen molar-refractivity contribution in [2.45, 2.75) is 42.8 Å². The number of alkyl halides is 9. The van der Waals surface area contributed by atoms with E-state index in [9.17, 15) is 49.1 Å². The zero-order valence-electron chi connectivity index (χ0n) is 19.3. The molecule has 2 aromatic carbocycles. The molecule has 0 aromatic heterocycles. The summed E-state index contributed by atoms with van der Waals surface area (Å²) in [4.78, 5) is 24.7. The van der Waals surface area contributed by atoms with Crippen molar-refractivity contribution >= 4 is 41.1 Å². The van der Waals surface area contributed by atoms with Gasteiger partial charge >= 0.3 is 18.5 Å². The zero-order chi connectivity index (χ0) is 29.4. The third-order valence-electron chi connectivity index (χ3n) is 5.72. The van der Waals surface area contributed by atoms with Gasteiger partial charge in [0.05, 0.1) is 27.1 Å². The molecule has 1 aliphatic carbocycles. The smallest absolute Gasteiger partial charge is 0.345 e. The summed E-state index contributed by atoms with van der Waals surface area (Å²) in [5.41, 5.74) is -4.95. The summed E-state index contributed by atoms with van der Waals surface area (Å²) in [5.74, 6) is -4.85. The Morgan fingerprint density at radius 2 is 1.56 bits per heavy atom. The van der Waals surface area contributed by atoms with E-state index < -0.39 is 59.5 Å². The quantitative estimate of drug-likeness (QED) is 0.325. The Morgan fingerprint density at radius 3 is 2.08 bits per heavy atom. The molecule has 39 heavy (non-hydrogen) atoms. The van der Waals surface area contributed by atoms with Crippen LogP contribution in [0.15, 0.2) is 42.5 Å². The van der Waals surface area contributed by atoms with Crippen LogP contribution >= 0.6 is 23.2 Å². The Balaban J connectivity index is 1.88. The van der Waals surface area contributed by atoms with Crippen molar-refractivity contribution in [3.63, 3.8) is 0 Å². The normalized spacial score (nSPS) is 16.2. The van der Waals surface area contributed by atoms with Crippen LogP contribution in [0.1, 0.15) is 45.8 Å². The number of halogens is 11. The Kier molecular flexibility index (Phi) is 8.57. The highest BCUT2D eigenvalue weighted by atomic mass is 35.5. The number of carbonyl (C=O) groups is 2. The molecule has 1 unspecified atom stereocenters. The first kappa shape index (κ1) is 30.6. The predicted molar refractivity (Wildman–Crippen MR) is 124 cm³/mol. The van der Waals surface area contributed by atoms with Crippen LogP contribution in [0.2, 0.25) is 10.0 Å². The van der Waals surface area contributed by atoms with Gasteiger partial charge in [-0.1, -0.05) is 47.5 Å². The summed E-state index contributed by atoms with van der Waals surface area (Å²) >= 11 is 11.5. The molecule has 1 atom stereocenters. The molecular formula is C24H17Cl2F9N2O2.